The van der Waals surface area contributed by atoms with Crippen LogP contribution in [0, 0.1) is 6.92 Å². The Morgan fingerprint density at radius 1 is 1.16 bits per heavy atom. The van der Waals surface area contributed by atoms with Crippen molar-refractivity contribution in [3.05, 3.63) is 63.0 Å². The SMILES string of the molecule is Cc1oc(-c2cccs2)nc1CCOc1ccc(/C=C2\SC(=O)NC2=O)c2sccc12. The lowest BCUT2D eigenvalue weighted by Crippen LogP contribution is -2.17. The molecule has 1 aliphatic rings. The predicted molar refractivity (Wildman–Crippen MR) is 125 cm³/mol. The summed E-state index contributed by atoms with van der Waals surface area (Å²) in [6.07, 6.45) is 2.38. The van der Waals surface area contributed by atoms with Crippen molar-refractivity contribution in [1.82, 2.24) is 10.3 Å². The molecule has 9 heteroatoms. The molecule has 0 saturated carbocycles. The van der Waals surface area contributed by atoms with Gasteiger partial charge in [0.1, 0.15) is 11.5 Å². The lowest BCUT2D eigenvalue weighted by molar-refractivity contribution is -0.115. The second-order valence-electron chi connectivity index (χ2n) is 6.77. The number of benzene rings is 1. The van der Waals surface area contributed by atoms with Crippen LogP contribution in [0.5, 0.6) is 5.75 Å². The van der Waals surface area contributed by atoms with Crippen LogP contribution in [0.15, 0.2) is 50.4 Å². The molecule has 0 bridgehead atoms. The first-order chi connectivity index (χ1) is 15.1. The van der Waals surface area contributed by atoms with Crippen LogP contribution in [0.2, 0.25) is 0 Å². The molecule has 1 aliphatic heterocycles. The molecule has 4 heterocycles. The van der Waals surface area contributed by atoms with E-state index in [2.05, 4.69) is 10.3 Å². The number of imide groups is 1. The maximum atomic E-state index is 11.9. The van der Waals surface area contributed by atoms with Crippen LogP contribution < -0.4 is 10.1 Å². The number of aromatic nitrogens is 1. The Hall–Kier alpha value is -2.88. The maximum absolute atomic E-state index is 11.9. The Morgan fingerprint density at radius 2 is 2.06 bits per heavy atom. The van der Waals surface area contributed by atoms with Gasteiger partial charge in [-0.3, -0.25) is 14.9 Å². The maximum Gasteiger partial charge on any atom is 0.290 e. The zero-order valence-corrected chi connectivity index (χ0v) is 18.8. The van der Waals surface area contributed by atoms with E-state index in [0.717, 1.165) is 49.5 Å². The third kappa shape index (κ3) is 4.04. The van der Waals surface area contributed by atoms with Crippen molar-refractivity contribution in [2.24, 2.45) is 0 Å². The Morgan fingerprint density at radius 3 is 2.84 bits per heavy atom. The topological polar surface area (TPSA) is 81.4 Å². The molecule has 156 valence electrons. The summed E-state index contributed by atoms with van der Waals surface area (Å²) in [5.41, 5.74) is 1.78. The van der Waals surface area contributed by atoms with E-state index in [4.69, 9.17) is 9.15 Å². The van der Waals surface area contributed by atoms with Gasteiger partial charge in [0.25, 0.3) is 11.1 Å². The van der Waals surface area contributed by atoms with E-state index in [1.54, 1.807) is 28.7 Å². The number of nitrogens with one attached hydrogen (secondary N) is 1. The third-order valence-electron chi connectivity index (χ3n) is 4.76. The summed E-state index contributed by atoms with van der Waals surface area (Å²) in [6.45, 7) is 2.39. The van der Waals surface area contributed by atoms with Crippen molar-refractivity contribution in [3.8, 4) is 16.5 Å². The molecule has 6 nitrogen and oxygen atoms in total. The van der Waals surface area contributed by atoms with Crippen molar-refractivity contribution >= 4 is 61.7 Å². The molecule has 1 N–H and O–H groups in total. The molecule has 1 aromatic carbocycles. The molecular formula is C22H16N2O4S3. The number of thiophene rings is 2. The van der Waals surface area contributed by atoms with E-state index in [0.29, 0.717) is 23.8 Å². The van der Waals surface area contributed by atoms with Crippen molar-refractivity contribution in [3.63, 3.8) is 0 Å². The summed E-state index contributed by atoms with van der Waals surface area (Å²) in [4.78, 5) is 29.3. The highest BCUT2D eigenvalue weighted by atomic mass is 32.2. The molecule has 0 aliphatic carbocycles. The summed E-state index contributed by atoms with van der Waals surface area (Å²) in [7, 11) is 0. The van der Waals surface area contributed by atoms with E-state index >= 15 is 0 Å². The van der Waals surface area contributed by atoms with Crippen LogP contribution in [0.25, 0.3) is 26.9 Å². The molecule has 0 spiro atoms. The fourth-order valence-electron chi connectivity index (χ4n) is 3.28. The minimum atomic E-state index is -0.357. The van der Waals surface area contributed by atoms with Crippen LogP contribution in [0.3, 0.4) is 0 Å². The molecule has 4 aromatic rings. The zero-order chi connectivity index (χ0) is 21.4. The van der Waals surface area contributed by atoms with Crippen molar-refractivity contribution in [1.29, 1.82) is 0 Å². The van der Waals surface area contributed by atoms with Crippen LogP contribution in [0.1, 0.15) is 17.0 Å². The average Bonchev–Trinajstić information content (AvgIpc) is 3.52. The Kier molecular flexibility index (Phi) is 5.39. The van der Waals surface area contributed by atoms with E-state index in [9.17, 15) is 9.59 Å². The van der Waals surface area contributed by atoms with Gasteiger partial charge in [-0.05, 0) is 65.4 Å². The van der Waals surface area contributed by atoms with Gasteiger partial charge in [-0.25, -0.2) is 4.98 Å². The lowest BCUT2D eigenvalue weighted by Gasteiger charge is -2.08. The van der Waals surface area contributed by atoms with E-state index in [1.165, 1.54) is 0 Å². The second kappa shape index (κ2) is 8.33. The normalized spacial score (nSPS) is 15.2. The van der Waals surface area contributed by atoms with Crippen LogP contribution >= 0.6 is 34.4 Å². The molecule has 31 heavy (non-hydrogen) atoms. The van der Waals surface area contributed by atoms with E-state index in [1.807, 2.05) is 48.0 Å². The van der Waals surface area contributed by atoms with Crippen molar-refractivity contribution in [2.45, 2.75) is 13.3 Å². The van der Waals surface area contributed by atoms with Crippen LogP contribution in [-0.2, 0) is 11.2 Å². The van der Waals surface area contributed by atoms with Crippen molar-refractivity contribution < 1.29 is 18.7 Å². The Bertz CT molecular complexity index is 1320. The molecule has 3 aromatic heterocycles. The fraction of sp³-hybridized carbons (Fsp3) is 0.136. The first-order valence-corrected chi connectivity index (χ1v) is 12.0. The summed E-state index contributed by atoms with van der Waals surface area (Å²) >= 11 is 4.09. The Labute approximate surface area is 189 Å². The minimum absolute atomic E-state index is 0.344. The summed E-state index contributed by atoms with van der Waals surface area (Å²) in [6, 6.07) is 9.77. The highest BCUT2D eigenvalue weighted by molar-refractivity contribution is 8.18. The van der Waals surface area contributed by atoms with E-state index in [-0.39, 0.29) is 11.1 Å². The number of amides is 2. The molecule has 0 radical (unpaired) electrons. The summed E-state index contributed by atoms with van der Waals surface area (Å²) in [5.74, 6) is 1.87. The molecule has 2 amide bonds. The average molecular weight is 469 g/mol. The van der Waals surface area contributed by atoms with Gasteiger partial charge in [0, 0.05) is 16.5 Å². The van der Waals surface area contributed by atoms with Gasteiger partial charge in [0.2, 0.25) is 5.89 Å². The number of thioether (sulfide) groups is 1. The second-order valence-corrected chi connectivity index (χ2v) is 9.64. The van der Waals surface area contributed by atoms with Gasteiger partial charge in [0.05, 0.1) is 22.1 Å². The lowest BCUT2D eigenvalue weighted by atomic mass is 10.1. The van der Waals surface area contributed by atoms with Gasteiger partial charge in [0.15, 0.2) is 0 Å². The van der Waals surface area contributed by atoms with Gasteiger partial charge >= 0.3 is 0 Å². The Balaban J connectivity index is 1.32. The molecular weight excluding hydrogens is 452 g/mol. The molecule has 1 saturated heterocycles. The first kappa shape index (κ1) is 20.0. The van der Waals surface area contributed by atoms with E-state index < -0.39 is 0 Å². The monoisotopic (exact) mass is 468 g/mol. The molecule has 5 rings (SSSR count). The summed E-state index contributed by atoms with van der Waals surface area (Å²) in [5, 5.41) is 6.90. The number of hydrogen-bond acceptors (Lipinski definition) is 8. The number of oxazole rings is 1. The molecule has 0 unspecified atom stereocenters. The first-order valence-electron chi connectivity index (χ1n) is 9.46. The number of aryl methyl sites for hydroxylation is 1. The largest absolute Gasteiger partial charge is 0.493 e. The number of ether oxygens (including phenoxy) is 1. The highest BCUT2D eigenvalue weighted by Gasteiger charge is 2.25. The smallest absolute Gasteiger partial charge is 0.290 e. The highest BCUT2D eigenvalue weighted by Crippen LogP contribution is 2.36. The van der Waals surface area contributed by atoms with Crippen LogP contribution in [0.4, 0.5) is 4.79 Å². The van der Waals surface area contributed by atoms with Gasteiger partial charge in [-0.1, -0.05) is 6.07 Å². The zero-order valence-electron chi connectivity index (χ0n) is 16.3. The summed E-state index contributed by atoms with van der Waals surface area (Å²) < 4.78 is 12.9. The molecule has 0 atom stereocenters. The molecule has 1 fully saturated rings. The third-order valence-corrected chi connectivity index (χ3v) is 7.39. The fourth-order valence-corrected chi connectivity index (χ4v) is 5.50. The van der Waals surface area contributed by atoms with Gasteiger partial charge in [-0.2, -0.15) is 0 Å². The number of hydrogen-bond donors (Lipinski definition) is 1. The predicted octanol–water partition coefficient (Wildman–Crippen LogP) is 5.87. The number of nitrogens with zero attached hydrogens (tertiary/aromatic N) is 1. The van der Waals surface area contributed by atoms with Crippen LogP contribution in [-0.4, -0.2) is 22.7 Å². The van der Waals surface area contributed by atoms with Gasteiger partial charge in [-0.15, -0.1) is 22.7 Å². The van der Waals surface area contributed by atoms with Gasteiger partial charge < -0.3 is 9.15 Å². The number of carbonyl (C=O) groups excluding carboxylic acids is 2. The quantitative estimate of drug-likeness (QED) is 0.356. The number of carbonyl (C=O) groups is 2. The number of fused-ring (bicyclic) bond motifs is 1. The van der Waals surface area contributed by atoms with Crippen molar-refractivity contribution in [2.75, 3.05) is 6.61 Å². The standard InChI is InChI=1S/C22H16N2O4S3/c1-12-15(23-21(28-12)17-3-2-9-29-17)6-8-27-16-5-4-13(19-14(16)7-10-30-19)11-18-20(25)24-22(26)31-18/h2-5,7,9-11H,6,8H2,1H3,(H,24,25,26)/b18-11-. The minimum Gasteiger partial charge on any atom is -0.493 e. The number of rotatable bonds is 6.